The van der Waals surface area contributed by atoms with Crippen LogP contribution in [-0.4, -0.2) is 36.9 Å². The summed E-state index contributed by atoms with van der Waals surface area (Å²) in [6.45, 7) is 10.8. The van der Waals surface area contributed by atoms with Gasteiger partial charge in [0.05, 0.1) is 6.10 Å². The van der Waals surface area contributed by atoms with Crippen molar-refractivity contribution in [2.24, 2.45) is 0 Å². The van der Waals surface area contributed by atoms with Crippen molar-refractivity contribution in [3.05, 3.63) is 40.1 Å². The van der Waals surface area contributed by atoms with E-state index in [2.05, 4.69) is 5.32 Å². The highest BCUT2D eigenvalue weighted by atomic mass is 16.6. The first-order valence-electron chi connectivity index (χ1n) is 9.95. The van der Waals surface area contributed by atoms with Gasteiger partial charge in [-0.15, -0.1) is 0 Å². The molecule has 1 heterocycles. The maximum Gasteiger partial charge on any atom is 0.412 e. The fourth-order valence-corrected chi connectivity index (χ4v) is 4.12. The van der Waals surface area contributed by atoms with Crippen molar-refractivity contribution in [3.8, 4) is 0 Å². The van der Waals surface area contributed by atoms with E-state index in [1.165, 1.54) is 0 Å². The molecule has 6 nitrogen and oxygen atoms in total. The van der Waals surface area contributed by atoms with Gasteiger partial charge in [-0.05, 0) is 69.7 Å². The fraction of sp³-hybridized carbons (Fsp3) is 0.545. The molecule has 1 amide bonds. The first kappa shape index (κ1) is 20.4. The zero-order valence-corrected chi connectivity index (χ0v) is 17.3. The predicted molar refractivity (Wildman–Crippen MR) is 106 cm³/mol. The Morgan fingerprint density at radius 3 is 2.61 bits per heavy atom. The maximum absolute atomic E-state index is 13.0. The summed E-state index contributed by atoms with van der Waals surface area (Å²) in [7, 11) is 0. The van der Waals surface area contributed by atoms with Gasteiger partial charge >= 0.3 is 12.1 Å². The van der Waals surface area contributed by atoms with Crippen LogP contribution in [0.15, 0.2) is 17.9 Å². The van der Waals surface area contributed by atoms with Crippen molar-refractivity contribution in [2.45, 2.75) is 65.6 Å². The van der Waals surface area contributed by atoms with Crippen LogP contribution in [0, 0.1) is 20.8 Å². The molecule has 0 aromatic heterocycles. The van der Waals surface area contributed by atoms with E-state index in [0.29, 0.717) is 37.3 Å². The number of carbonyl (C=O) groups is 2. The summed E-state index contributed by atoms with van der Waals surface area (Å²) in [5.74, 6) is -0.125. The highest BCUT2D eigenvalue weighted by Gasteiger charge is 2.55. The Morgan fingerprint density at radius 2 is 1.93 bits per heavy atom. The summed E-state index contributed by atoms with van der Waals surface area (Å²) >= 11 is 0. The number of esters is 1. The van der Waals surface area contributed by atoms with Crippen LogP contribution in [0.1, 0.15) is 55.4 Å². The molecule has 2 atom stereocenters. The molecule has 2 aliphatic rings. The number of carbonyl (C=O) groups excluding carboxylic acids is 2. The zero-order valence-electron chi connectivity index (χ0n) is 17.3. The van der Waals surface area contributed by atoms with Gasteiger partial charge in [0, 0.05) is 19.6 Å². The second-order valence-corrected chi connectivity index (χ2v) is 7.58. The van der Waals surface area contributed by atoms with Gasteiger partial charge in [-0.2, -0.15) is 0 Å². The Hall–Kier alpha value is -2.34. The summed E-state index contributed by atoms with van der Waals surface area (Å²) in [4.78, 5) is 25.2. The summed E-state index contributed by atoms with van der Waals surface area (Å²) in [5.41, 5.74) is 3.32. The predicted octanol–water partition coefficient (Wildman–Crippen LogP) is 3.95. The lowest BCUT2D eigenvalue weighted by Crippen LogP contribution is -2.34. The second kappa shape index (κ2) is 7.95. The van der Waals surface area contributed by atoms with Crippen LogP contribution in [0.4, 0.5) is 4.79 Å². The van der Waals surface area contributed by atoms with E-state index in [1.807, 2.05) is 46.8 Å². The number of hydrogen-bond donors (Lipinski definition) is 1. The van der Waals surface area contributed by atoms with E-state index in [1.54, 1.807) is 0 Å². The first-order valence-corrected chi connectivity index (χ1v) is 9.95. The Bertz CT molecular complexity index is 828. The van der Waals surface area contributed by atoms with Crippen LogP contribution < -0.4 is 5.32 Å². The molecule has 1 aromatic rings. The molecule has 1 aromatic carbocycles. The minimum Gasteiger partial charge on any atom is -0.447 e. The molecule has 1 N–H and O–H groups in total. The third-order valence-corrected chi connectivity index (χ3v) is 5.59. The summed E-state index contributed by atoms with van der Waals surface area (Å²) in [5, 5.41) is 2.64. The average molecular weight is 387 g/mol. The number of benzene rings is 1. The summed E-state index contributed by atoms with van der Waals surface area (Å²) in [6.07, 6.45) is 1.22. The number of amides is 1. The molecule has 1 fully saturated rings. The van der Waals surface area contributed by atoms with E-state index < -0.39 is 17.7 Å². The lowest BCUT2D eigenvalue weighted by atomic mass is 9.91. The molecule has 0 bridgehead atoms. The largest absolute Gasteiger partial charge is 0.447 e. The van der Waals surface area contributed by atoms with Crippen molar-refractivity contribution < 1.29 is 23.8 Å². The van der Waals surface area contributed by atoms with E-state index in [4.69, 9.17) is 14.2 Å². The van der Waals surface area contributed by atoms with Crippen molar-refractivity contribution >= 4 is 17.6 Å². The lowest BCUT2D eigenvalue weighted by molar-refractivity contribution is -0.147. The first-order chi connectivity index (χ1) is 13.3. The van der Waals surface area contributed by atoms with Gasteiger partial charge in [0.2, 0.25) is 0 Å². The normalized spacial score (nSPS) is 24.0. The van der Waals surface area contributed by atoms with Crippen molar-refractivity contribution in [1.29, 1.82) is 0 Å². The highest BCUT2D eigenvalue weighted by molar-refractivity contribution is 6.20. The van der Waals surface area contributed by atoms with Gasteiger partial charge in [0.25, 0.3) is 0 Å². The molecule has 2 unspecified atom stereocenters. The standard InChI is InChI=1S/C22H29NO5/c1-6-23-21(25)27-19-18(17-11-14(4)13(3)10-15(17)5)20(24)28-22(19)9-8-16(12-22)26-7-2/h10-11,16H,6-9,12H2,1-5H3,(H,23,25). The molecule has 1 spiro atoms. The molecule has 0 saturated heterocycles. The minimum absolute atomic E-state index is 0.0224. The van der Waals surface area contributed by atoms with Crippen molar-refractivity contribution in [2.75, 3.05) is 13.2 Å². The van der Waals surface area contributed by atoms with Crippen LogP contribution >= 0.6 is 0 Å². The van der Waals surface area contributed by atoms with Gasteiger partial charge in [-0.1, -0.05) is 12.1 Å². The fourth-order valence-electron chi connectivity index (χ4n) is 4.12. The Kier molecular flexibility index (Phi) is 5.79. The number of ether oxygens (including phenoxy) is 3. The molecule has 1 saturated carbocycles. The molecule has 28 heavy (non-hydrogen) atoms. The van der Waals surface area contributed by atoms with Gasteiger partial charge in [0.15, 0.2) is 11.4 Å². The quantitative estimate of drug-likeness (QED) is 0.775. The van der Waals surface area contributed by atoms with Crippen LogP contribution in [0.2, 0.25) is 0 Å². The minimum atomic E-state index is -0.942. The van der Waals surface area contributed by atoms with E-state index in [0.717, 1.165) is 28.7 Å². The molecule has 6 heteroatoms. The van der Waals surface area contributed by atoms with E-state index in [-0.39, 0.29) is 6.10 Å². The van der Waals surface area contributed by atoms with Crippen LogP contribution in [0.25, 0.3) is 5.57 Å². The van der Waals surface area contributed by atoms with Crippen LogP contribution in [0.5, 0.6) is 0 Å². The number of alkyl carbamates (subject to hydrolysis) is 1. The lowest BCUT2D eigenvalue weighted by Gasteiger charge is -2.25. The van der Waals surface area contributed by atoms with Gasteiger partial charge in [-0.25, -0.2) is 9.59 Å². The molecule has 1 aliphatic heterocycles. The molecule has 1 aliphatic carbocycles. The maximum atomic E-state index is 13.0. The monoisotopic (exact) mass is 387 g/mol. The van der Waals surface area contributed by atoms with Gasteiger partial charge in [-0.3, -0.25) is 0 Å². The Labute approximate surface area is 166 Å². The SMILES string of the molecule is CCNC(=O)OC1=C(c2cc(C)c(C)cc2C)C(=O)OC12CCC(OCC)C2. The smallest absolute Gasteiger partial charge is 0.412 e. The molecule has 0 radical (unpaired) electrons. The van der Waals surface area contributed by atoms with Crippen molar-refractivity contribution in [3.63, 3.8) is 0 Å². The number of nitrogens with one attached hydrogen (secondary N) is 1. The topological polar surface area (TPSA) is 73.9 Å². The van der Waals surface area contributed by atoms with Crippen LogP contribution in [-0.2, 0) is 19.0 Å². The average Bonchev–Trinajstić information content (AvgIpc) is 3.13. The zero-order chi connectivity index (χ0) is 20.5. The van der Waals surface area contributed by atoms with E-state index >= 15 is 0 Å². The third kappa shape index (κ3) is 3.65. The third-order valence-electron chi connectivity index (χ3n) is 5.59. The molecule has 152 valence electrons. The summed E-state index contributed by atoms with van der Waals surface area (Å²) in [6, 6.07) is 4.01. The number of rotatable bonds is 5. The molecular weight excluding hydrogens is 358 g/mol. The van der Waals surface area contributed by atoms with E-state index in [9.17, 15) is 9.59 Å². The number of aryl methyl sites for hydroxylation is 3. The van der Waals surface area contributed by atoms with Gasteiger partial charge < -0.3 is 19.5 Å². The Morgan fingerprint density at radius 1 is 1.21 bits per heavy atom. The van der Waals surface area contributed by atoms with Gasteiger partial charge in [0.1, 0.15) is 5.57 Å². The molecular formula is C22H29NO5. The van der Waals surface area contributed by atoms with Crippen molar-refractivity contribution in [1.82, 2.24) is 5.32 Å². The summed E-state index contributed by atoms with van der Waals surface area (Å²) < 4.78 is 17.3. The highest BCUT2D eigenvalue weighted by Crippen LogP contribution is 2.49. The molecule has 3 rings (SSSR count). The number of hydrogen-bond acceptors (Lipinski definition) is 5. The Balaban J connectivity index is 2.11. The van der Waals surface area contributed by atoms with Crippen LogP contribution in [0.3, 0.4) is 0 Å². The second-order valence-electron chi connectivity index (χ2n) is 7.58.